The fraction of sp³-hybridized carbons (Fsp3) is 0.448. The van der Waals surface area contributed by atoms with Crippen molar-refractivity contribution in [2.24, 2.45) is 11.8 Å². The zero-order valence-corrected chi connectivity index (χ0v) is 21.7. The van der Waals surface area contributed by atoms with E-state index in [0.717, 1.165) is 64.1 Å². The van der Waals surface area contributed by atoms with Crippen molar-refractivity contribution in [1.29, 1.82) is 0 Å². The van der Waals surface area contributed by atoms with E-state index in [1.807, 2.05) is 23.1 Å². The van der Waals surface area contributed by atoms with E-state index in [9.17, 15) is 14.9 Å². The van der Waals surface area contributed by atoms with E-state index in [4.69, 9.17) is 9.47 Å². The van der Waals surface area contributed by atoms with Crippen LogP contribution in [0.5, 0.6) is 11.5 Å². The number of hydrogen-bond donors (Lipinski definition) is 0. The lowest BCUT2D eigenvalue weighted by atomic mass is 9.82. The van der Waals surface area contributed by atoms with E-state index in [1.165, 1.54) is 12.3 Å². The summed E-state index contributed by atoms with van der Waals surface area (Å²) < 4.78 is 11.8. The molecule has 2 aliphatic heterocycles. The second-order valence-electron chi connectivity index (χ2n) is 10.1. The van der Waals surface area contributed by atoms with Gasteiger partial charge >= 0.3 is 0 Å². The minimum atomic E-state index is -0.445. The van der Waals surface area contributed by atoms with Gasteiger partial charge in [-0.25, -0.2) is 4.98 Å². The second-order valence-corrected chi connectivity index (χ2v) is 10.1. The third-order valence-corrected chi connectivity index (χ3v) is 7.78. The Morgan fingerprint density at radius 2 is 1.76 bits per heavy atom. The van der Waals surface area contributed by atoms with E-state index in [0.29, 0.717) is 28.9 Å². The quantitative estimate of drug-likeness (QED) is 0.288. The molecule has 0 bridgehead atoms. The Hall–Kier alpha value is -3.88. The number of benzene rings is 1. The van der Waals surface area contributed by atoms with Crippen LogP contribution >= 0.6 is 0 Å². The Bertz CT molecular complexity index is 1180. The third kappa shape index (κ3) is 5.82. The molecular formula is C29H34N4O5. The van der Waals surface area contributed by atoms with Crippen molar-refractivity contribution in [3.8, 4) is 11.5 Å². The first-order chi connectivity index (χ1) is 18.5. The molecule has 0 N–H and O–H groups in total. The first kappa shape index (κ1) is 25.8. The molecule has 38 heavy (non-hydrogen) atoms. The number of carbonyl (C=O) groups is 1. The molecule has 9 nitrogen and oxygen atoms in total. The average molecular weight is 519 g/mol. The standard InChI is InChI=1S/C29H34N4O5/c1-37-27-19-25(38-24-13-17-31(18-14-24)28-10-7-23(20-30-28)33(35)36)8-9-26(27)29(34)32-15-11-22(12-16-32)21-5-3-2-4-6-21/h3-10,19-22,24H,2,11-18H2,1H3. The van der Waals surface area contributed by atoms with Crippen LogP contribution in [0, 0.1) is 22.0 Å². The van der Waals surface area contributed by atoms with Gasteiger partial charge in [0.1, 0.15) is 29.6 Å². The lowest BCUT2D eigenvalue weighted by Gasteiger charge is -2.35. The highest BCUT2D eigenvalue weighted by Gasteiger charge is 2.29. The minimum Gasteiger partial charge on any atom is -0.496 e. The molecule has 9 heteroatoms. The number of amides is 1. The third-order valence-electron chi connectivity index (χ3n) is 7.78. The highest BCUT2D eigenvalue weighted by Crippen LogP contribution is 2.32. The number of ether oxygens (including phenoxy) is 2. The van der Waals surface area contributed by atoms with Gasteiger partial charge in [-0.15, -0.1) is 0 Å². The van der Waals surface area contributed by atoms with Crippen LogP contribution in [0.25, 0.3) is 0 Å². The number of likely N-dealkylation sites (tertiary alicyclic amines) is 1. The highest BCUT2D eigenvalue weighted by atomic mass is 16.6. The first-order valence-electron chi connectivity index (χ1n) is 13.3. The topological polar surface area (TPSA) is 98.0 Å². The number of aromatic nitrogens is 1. The highest BCUT2D eigenvalue weighted by molar-refractivity contribution is 5.97. The summed E-state index contributed by atoms with van der Waals surface area (Å²) in [6.07, 6.45) is 15.0. The smallest absolute Gasteiger partial charge is 0.287 e. The van der Waals surface area contributed by atoms with Gasteiger partial charge in [0.05, 0.1) is 17.6 Å². The molecule has 5 rings (SSSR count). The number of nitro groups is 1. The van der Waals surface area contributed by atoms with Gasteiger partial charge in [0.25, 0.3) is 11.6 Å². The molecule has 1 aromatic carbocycles. The van der Waals surface area contributed by atoms with Gasteiger partial charge < -0.3 is 19.3 Å². The molecule has 3 aliphatic rings. The van der Waals surface area contributed by atoms with E-state index < -0.39 is 4.92 Å². The predicted molar refractivity (Wildman–Crippen MR) is 145 cm³/mol. The number of hydrogen-bond acceptors (Lipinski definition) is 7. The molecule has 200 valence electrons. The maximum atomic E-state index is 13.3. The fourth-order valence-electron chi connectivity index (χ4n) is 5.58. The van der Waals surface area contributed by atoms with Gasteiger partial charge in [-0.3, -0.25) is 14.9 Å². The lowest BCUT2D eigenvalue weighted by Crippen LogP contribution is -2.40. The van der Waals surface area contributed by atoms with Crippen molar-refractivity contribution >= 4 is 17.4 Å². The molecule has 0 radical (unpaired) electrons. The maximum Gasteiger partial charge on any atom is 0.287 e. The SMILES string of the molecule is COc1cc(OC2CCN(c3ccc([N+](=O)[O-])cn3)CC2)ccc1C(=O)N1CCC(C2C=CCC=C2)CC1. The van der Waals surface area contributed by atoms with Gasteiger partial charge in [0.15, 0.2) is 0 Å². The predicted octanol–water partition coefficient (Wildman–Crippen LogP) is 5.03. The minimum absolute atomic E-state index is 0.00508. The maximum absolute atomic E-state index is 13.3. The Morgan fingerprint density at radius 3 is 2.39 bits per heavy atom. The summed E-state index contributed by atoms with van der Waals surface area (Å²) in [5.41, 5.74) is 0.552. The number of piperidine rings is 2. The van der Waals surface area contributed by atoms with E-state index in [1.54, 1.807) is 13.2 Å². The summed E-state index contributed by atoms with van der Waals surface area (Å²) in [4.78, 5) is 32.0. The molecular weight excluding hydrogens is 484 g/mol. The fourth-order valence-corrected chi connectivity index (χ4v) is 5.58. The van der Waals surface area contributed by atoms with Crippen LogP contribution < -0.4 is 14.4 Å². The lowest BCUT2D eigenvalue weighted by molar-refractivity contribution is -0.385. The Kier molecular flexibility index (Phi) is 7.91. The van der Waals surface area contributed by atoms with Crippen molar-refractivity contribution in [2.75, 3.05) is 38.2 Å². The van der Waals surface area contributed by atoms with Crippen molar-refractivity contribution in [1.82, 2.24) is 9.88 Å². The number of anilines is 1. The Labute approximate surface area is 222 Å². The number of rotatable bonds is 7. The average Bonchev–Trinajstić information content (AvgIpc) is 2.98. The molecule has 1 aliphatic carbocycles. The summed E-state index contributed by atoms with van der Waals surface area (Å²) >= 11 is 0. The summed E-state index contributed by atoms with van der Waals surface area (Å²) in [5, 5.41) is 10.9. The normalized spacial score (nSPS) is 19.0. The number of nitrogens with zero attached hydrogens (tertiary/aromatic N) is 4. The van der Waals surface area contributed by atoms with Crippen LogP contribution in [0.4, 0.5) is 11.5 Å². The molecule has 1 amide bonds. The number of pyridine rings is 1. The van der Waals surface area contributed by atoms with Crippen LogP contribution in [0.1, 0.15) is 42.5 Å². The van der Waals surface area contributed by atoms with Crippen LogP contribution in [0.3, 0.4) is 0 Å². The molecule has 3 heterocycles. The zero-order chi connectivity index (χ0) is 26.5. The van der Waals surface area contributed by atoms with Crippen LogP contribution in [-0.2, 0) is 0 Å². The molecule has 2 saturated heterocycles. The van der Waals surface area contributed by atoms with Gasteiger partial charge in [0, 0.05) is 51.2 Å². The molecule has 0 spiro atoms. The van der Waals surface area contributed by atoms with Crippen LogP contribution in [-0.4, -0.2) is 60.1 Å². The van der Waals surface area contributed by atoms with Crippen molar-refractivity contribution < 1.29 is 19.2 Å². The zero-order valence-electron chi connectivity index (χ0n) is 21.7. The number of carbonyl (C=O) groups excluding carboxylic acids is 1. The second kappa shape index (κ2) is 11.7. The number of methoxy groups -OCH3 is 1. The van der Waals surface area contributed by atoms with Gasteiger partial charge in [-0.05, 0) is 49.3 Å². The largest absolute Gasteiger partial charge is 0.496 e. The summed E-state index contributed by atoms with van der Waals surface area (Å²) in [5.74, 6) is 3.02. The molecule has 2 fully saturated rings. The first-order valence-corrected chi connectivity index (χ1v) is 13.3. The van der Waals surface area contributed by atoms with Gasteiger partial charge in [0.2, 0.25) is 0 Å². The van der Waals surface area contributed by atoms with Crippen LogP contribution in [0.2, 0.25) is 0 Å². The van der Waals surface area contributed by atoms with Crippen LogP contribution in [0.15, 0.2) is 60.8 Å². The van der Waals surface area contributed by atoms with E-state index >= 15 is 0 Å². The summed E-state index contributed by atoms with van der Waals surface area (Å²) in [6, 6.07) is 8.64. The van der Waals surface area contributed by atoms with Gasteiger partial charge in [-0.1, -0.05) is 24.3 Å². The van der Waals surface area contributed by atoms with Crippen molar-refractivity contribution in [3.05, 3.63) is 76.5 Å². The molecule has 1 aromatic heterocycles. The van der Waals surface area contributed by atoms with Gasteiger partial charge in [-0.2, -0.15) is 0 Å². The molecule has 0 unspecified atom stereocenters. The molecule has 0 atom stereocenters. The van der Waals surface area contributed by atoms with Crippen molar-refractivity contribution in [3.63, 3.8) is 0 Å². The number of allylic oxidation sites excluding steroid dienone is 4. The van der Waals surface area contributed by atoms with E-state index in [2.05, 4.69) is 34.2 Å². The molecule has 2 aromatic rings. The Morgan fingerprint density at radius 1 is 1.03 bits per heavy atom. The molecule has 0 saturated carbocycles. The summed E-state index contributed by atoms with van der Waals surface area (Å²) in [7, 11) is 1.58. The van der Waals surface area contributed by atoms with Crippen molar-refractivity contribution in [2.45, 2.75) is 38.2 Å². The van der Waals surface area contributed by atoms with E-state index in [-0.39, 0.29) is 17.7 Å². The summed E-state index contributed by atoms with van der Waals surface area (Å²) in [6.45, 7) is 2.99. The monoisotopic (exact) mass is 518 g/mol. The Balaban J connectivity index is 1.15.